The molecule has 1 aliphatic rings. The molecule has 0 nitrogen and oxygen atoms in total. The Hall–Kier alpha value is 0. The minimum atomic E-state index is 0.715. The first-order valence-electron chi connectivity index (χ1n) is 6.16. The molecular weight excluding hydrogens is 156 g/mol. The maximum absolute atomic E-state index is 2.50. The topological polar surface area (TPSA) is 0 Å². The first kappa shape index (κ1) is 11.1. The molecule has 0 aromatic heterocycles. The van der Waals surface area contributed by atoms with Gasteiger partial charge in [-0.3, -0.25) is 0 Å². The van der Waals surface area contributed by atoms with Crippen LogP contribution in [0.2, 0.25) is 0 Å². The highest BCUT2D eigenvalue weighted by Crippen LogP contribution is 2.44. The highest BCUT2D eigenvalue weighted by molar-refractivity contribution is 4.83. The highest BCUT2D eigenvalue weighted by atomic mass is 14.4. The SMILES string of the molecule is CCCCCCC1(C)CCC(C)C1. The average molecular weight is 182 g/mol. The molecule has 1 rings (SSSR count). The maximum Gasteiger partial charge on any atom is -0.0323 e. The molecule has 0 aromatic carbocycles. The van der Waals surface area contributed by atoms with Crippen LogP contribution >= 0.6 is 0 Å². The standard InChI is InChI=1S/C13H26/c1-4-5-6-7-9-13(3)10-8-12(2)11-13/h12H,4-11H2,1-3H3. The minimum Gasteiger partial charge on any atom is -0.0654 e. The molecular formula is C13H26. The smallest absolute Gasteiger partial charge is 0.0323 e. The van der Waals surface area contributed by atoms with E-state index in [2.05, 4.69) is 20.8 Å². The van der Waals surface area contributed by atoms with E-state index in [0.717, 1.165) is 5.92 Å². The van der Waals surface area contributed by atoms with E-state index >= 15 is 0 Å². The summed E-state index contributed by atoms with van der Waals surface area (Å²) < 4.78 is 0. The summed E-state index contributed by atoms with van der Waals surface area (Å²) in [6, 6.07) is 0. The lowest BCUT2D eigenvalue weighted by Crippen LogP contribution is -2.11. The van der Waals surface area contributed by atoms with Crippen LogP contribution in [0.4, 0.5) is 0 Å². The van der Waals surface area contributed by atoms with E-state index < -0.39 is 0 Å². The zero-order valence-electron chi connectivity index (χ0n) is 9.73. The molecule has 0 saturated heterocycles. The second kappa shape index (κ2) is 5.02. The fraction of sp³-hybridized carbons (Fsp3) is 1.00. The van der Waals surface area contributed by atoms with Gasteiger partial charge in [-0.2, -0.15) is 0 Å². The van der Waals surface area contributed by atoms with E-state index in [1.807, 2.05) is 0 Å². The molecule has 1 fully saturated rings. The molecule has 1 saturated carbocycles. The van der Waals surface area contributed by atoms with Crippen LogP contribution in [0.15, 0.2) is 0 Å². The minimum absolute atomic E-state index is 0.715. The summed E-state index contributed by atoms with van der Waals surface area (Å²) in [5.74, 6) is 0.996. The van der Waals surface area contributed by atoms with Gasteiger partial charge in [-0.05, 0) is 30.6 Å². The second-order valence-corrected chi connectivity index (χ2v) is 5.47. The molecule has 0 bridgehead atoms. The molecule has 0 aromatic rings. The van der Waals surface area contributed by atoms with Crippen molar-refractivity contribution in [3.8, 4) is 0 Å². The normalized spacial score (nSPS) is 33.9. The van der Waals surface area contributed by atoms with Crippen molar-refractivity contribution in [2.45, 2.75) is 72.1 Å². The quantitative estimate of drug-likeness (QED) is 0.537. The molecule has 0 radical (unpaired) electrons. The monoisotopic (exact) mass is 182 g/mol. The lowest BCUT2D eigenvalue weighted by molar-refractivity contribution is 0.285. The molecule has 0 aliphatic heterocycles. The molecule has 0 heteroatoms. The lowest BCUT2D eigenvalue weighted by atomic mass is 9.82. The van der Waals surface area contributed by atoms with Gasteiger partial charge >= 0.3 is 0 Å². The number of hydrogen-bond donors (Lipinski definition) is 0. The predicted molar refractivity (Wildman–Crippen MR) is 59.9 cm³/mol. The molecule has 0 spiro atoms. The van der Waals surface area contributed by atoms with Crippen LogP contribution in [0.5, 0.6) is 0 Å². The van der Waals surface area contributed by atoms with Crippen LogP contribution in [0.1, 0.15) is 72.1 Å². The summed E-state index contributed by atoms with van der Waals surface area (Å²) in [5, 5.41) is 0. The summed E-state index contributed by atoms with van der Waals surface area (Å²) in [7, 11) is 0. The number of unbranched alkanes of at least 4 members (excludes halogenated alkanes) is 3. The largest absolute Gasteiger partial charge is 0.0654 e. The van der Waals surface area contributed by atoms with E-state index in [0.29, 0.717) is 5.41 Å². The zero-order chi connectivity index (χ0) is 9.73. The van der Waals surface area contributed by atoms with Crippen LogP contribution in [-0.4, -0.2) is 0 Å². The van der Waals surface area contributed by atoms with Gasteiger partial charge < -0.3 is 0 Å². The van der Waals surface area contributed by atoms with Gasteiger partial charge in [-0.1, -0.05) is 52.9 Å². The van der Waals surface area contributed by atoms with Crippen LogP contribution in [0.25, 0.3) is 0 Å². The Bertz CT molecular complexity index is 139. The molecule has 1 aliphatic carbocycles. The molecule has 78 valence electrons. The van der Waals surface area contributed by atoms with Crippen LogP contribution in [0, 0.1) is 11.3 Å². The van der Waals surface area contributed by atoms with Crippen molar-refractivity contribution in [3.63, 3.8) is 0 Å². The van der Waals surface area contributed by atoms with Gasteiger partial charge in [0.1, 0.15) is 0 Å². The highest BCUT2D eigenvalue weighted by Gasteiger charge is 2.31. The predicted octanol–water partition coefficient (Wildman–Crippen LogP) is 4.78. The summed E-state index contributed by atoms with van der Waals surface area (Å²) in [6.07, 6.45) is 11.7. The van der Waals surface area contributed by atoms with Gasteiger partial charge in [0, 0.05) is 0 Å². The fourth-order valence-corrected chi connectivity index (χ4v) is 2.85. The molecule has 2 unspecified atom stereocenters. The van der Waals surface area contributed by atoms with Crippen molar-refractivity contribution < 1.29 is 0 Å². The third-order valence-electron chi connectivity index (χ3n) is 3.72. The summed E-state index contributed by atoms with van der Waals surface area (Å²) >= 11 is 0. The Morgan fingerprint density at radius 2 is 2.00 bits per heavy atom. The van der Waals surface area contributed by atoms with Crippen molar-refractivity contribution in [1.29, 1.82) is 0 Å². The fourth-order valence-electron chi connectivity index (χ4n) is 2.85. The second-order valence-electron chi connectivity index (χ2n) is 5.47. The molecule has 0 amide bonds. The Kier molecular flexibility index (Phi) is 4.28. The van der Waals surface area contributed by atoms with Crippen molar-refractivity contribution in [2.75, 3.05) is 0 Å². The van der Waals surface area contributed by atoms with Gasteiger partial charge in [0.2, 0.25) is 0 Å². The van der Waals surface area contributed by atoms with Gasteiger partial charge in [-0.15, -0.1) is 0 Å². The first-order chi connectivity index (χ1) is 6.16. The average Bonchev–Trinajstić information content (AvgIpc) is 2.41. The van der Waals surface area contributed by atoms with Crippen molar-refractivity contribution in [1.82, 2.24) is 0 Å². The van der Waals surface area contributed by atoms with Crippen molar-refractivity contribution in [2.24, 2.45) is 11.3 Å². The number of hydrogen-bond acceptors (Lipinski definition) is 0. The van der Waals surface area contributed by atoms with E-state index in [1.165, 1.54) is 51.4 Å². The third kappa shape index (κ3) is 3.70. The van der Waals surface area contributed by atoms with Gasteiger partial charge in [0.15, 0.2) is 0 Å². The molecule has 0 N–H and O–H groups in total. The van der Waals surface area contributed by atoms with Gasteiger partial charge in [0.25, 0.3) is 0 Å². The van der Waals surface area contributed by atoms with E-state index in [-0.39, 0.29) is 0 Å². The van der Waals surface area contributed by atoms with E-state index in [4.69, 9.17) is 0 Å². The maximum atomic E-state index is 2.50. The Labute approximate surface area is 84.1 Å². The van der Waals surface area contributed by atoms with E-state index in [9.17, 15) is 0 Å². The molecule has 2 atom stereocenters. The van der Waals surface area contributed by atoms with Gasteiger partial charge in [0.05, 0.1) is 0 Å². The molecule has 0 heterocycles. The van der Waals surface area contributed by atoms with Crippen molar-refractivity contribution in [3.05, 3.63) is 0 Å². The van der Waals surface area contributed by atoms with Crippen LogP contribution in [-0.2, 0) is 0 Å². The third-order valence-corrected chi connectivity index (χ3v) is 3.72. The first-order valence-corrected chi connectivity index (χ1v) is 6.16. The van der Waals surface area contributed by atoms with Crippen LogP contribution < -0.4 is 0 Å². The summed E-state index contributed by atoms with van der Waals surface area (Å²) in [4.78, 5) is 0. The summed E-state index contributed by atoms with van der Waals surface area (Å²) in [6.45, 7) is 7.21. The lowest BCUT2D eigenvalue weighted by Gasteiger charge is -2.23. The number of rotatable bonds is 5. The Morgan fingerprint density at radius 1 is 1.23 bits per heavy atom. The Morgan fingerprint density at radius 3 is 2.54 bits per heavy atom. The Balaban J connectivity index is 2.12. The molecule has 13 heavy (non-hydrogen) atoms. The van der Waals surface area contributed by atoms with Crippen molar-refractivity contribution >= 4 is 0 Å². The zero-order valence-corrected chi connectivity index (χ0v) is 9.73. The van der Waals surface area contributed by atoms with Crippen LogP contribution in [0.3, 0.4) is 0 Å². The summed E-state index contributed by atoms with van der Waals surface area (Å²) in [5.41, 5.74) is 0.715. The van der Waals surface area contributed by atoms with E-state index in [1.54, 1.807) is 0 Å². The van der Waals surface area contributed by atoms with Gasteiger partial charge in [-0.25, -0.2) is 0 Å².